The van der Waals surface area contributed by atoms with Crippen LogP contribution in [0.25, 0.3) is 0 Å². The number of hydrogen-bond acceptors (Lipinski definition) is 8. The highest BCUT2D eigenvalue weighted by atomic mass is 16.5. The normalized spacial score (nSPS) is 13.4. The molecule has 0 aromatic carbocycles. The maximum atomic E-state index is 12.0. The van der Waals surface area contributed by atoms with E-state index in [1.54, 1.807) is 0 Å². The van der Waals surface area contributed by atoms with Crippen molar-refractivity contribution in [2.45, 2.75) is 18.8 Å². The highest BCUT2D eigenvalue weighted by Crippen LogP contribution is 2.40. The maximum Gasteiger partial charge on any atom is 0.360 e. The Bertz CT molecular complexity index is 776. The minimum atomic E-state index is -0.724. The molecule has 0 aliphatic heterocycles. The molecule has 3 rings (SSSR count). The number of carbonyl (C=O) groups excluding carboxylic acids is 3. The lowest BCUT2D eigenvalue weighted by atomic mass is 10.2. The third-order valence-electron chi connectivity index (χ3n) is 3.53. The zero-order valence-electron chi connectivity index (χ0n) is 12.9. The average Bonchev–Trinajstić information content (AvgIpc) is 3.35. The van der Waals surface area contributed by atoms with Crippen LogP contribution in [0.4, 0.5) is 0 Å². The molecule has 1 aliphatic rings. The zero-order valence-corrected chi connectivity index (χ0v) is 12.9. The Hall–Kier alpha value is -3.03. The molecule has 0 bridgehead atoms. The topological polar surface area (TPSA) is 109 Å². The van der Waals surface area contributed by atoms with Crippen LogP contribution < -0.4 is 0 Å². The van der Waals surface area contributed by atoms with Crippen LogP contribution in [0, 0.1) is 0 Å². The average molecular weight is 330 g/mol. The largest absolute Gasteiger partial charge is 0.464 e. The maximum absolute atomic E-state index is 12.0. The first-order valence-electron chi connectivity index (χ1n) is 7.30. The molecule has 1 fully saturated rings. The molecule has 2 heterocycles. The molecule has 8 heteroatoms. The van der Waals surface area contributed by atoms with Gasteiger partial charge in [-0.15, -0.1) is 0 Å². The summed E-state index contributed by atoms with van der Waals surface area (Å²) >= 11 is 0. The Labute approximate surface area is 136 Å². The van der Waals surface area contributed by atoms with Gasteiger partial charge in [0.2, 0.25) is 5.78 Å². The van der Waals surface area contributed by atoms with Crippen LogP contribution >= 0.6 is 0 Å². The van der Waals surface area contributed by atoms with Crippen molar-refractivity contribution >= 4 is 17.7 Å². The van der Waals surface area contributed by atoms with Gasteiger partial charge in [-0.1, -0.05) is 5.16 Å². The third kappa shape index (κ3) is 3.48. The van der Waals surface area contributed by atoms with E-state index in [1.165, 1.54) is 31.5 Å². The summed E-state index contributed by atoms with van der Waals surface area (Å²) in [5.74, 6) is -0.773. The fraction of sp³-hybridized carbons (Fsp3) is 0.312. The van der Waals surface area contributed by atoms with Gasteiger partial charge in [0.1, 0.15) is 11.5 Å². The Morgan fingerprint density at radius 1 is 1.21 bits per heavy atom. The summed E-state index contributed by atoms with van der Waals surface area (Å²) in [4.78, 5) is 38.9. The summed E-state index contributed by atoms with van der Waals surface area (Å²) in [6.45, 7) is -0.455. The fourth-order valence-electron chi connectivity index (χ4n) is 2.02. The van der Waals surface area contributed by atoms with E-state index in [0.29, 0.717) is 11.7 Å². The van der Waals surface area contributed by atoms with E-state index in [2.05, 4.69) is 14.9 Å². The van der Waals surface area contributed by atoms with Crippen molar-refractivity contribution in [1.82, 2.24) is 10.1 Å². The summed E-state index contributed by atoms with van der Waals surface area (Å²) in [7, 11) is 1.24. The Kier molecular flexibility index (Phi) is 4.37. The molecule has 0 unspecified atom stereocenters. The summed E-state index contributed by atoms with van der Waals surface area (Å²) < 4.78 is 14.5. The number of carbonyl (C=O) groups is 3. The number of aromatic nitrogens is 2. The molecule has 1 aliphatic carbocycles. The molecule has 0 radical (unpaired) electrons. The second kappa shape index (κ2) is 6.61. The number of Topliss-reactive ketones (excluding diaryl/α,β-unsaturated/α-hetero) is 1. The van der Waals surface area contributed by atoms with Crippen LogP contribution in [0.1, 0.15) is 55.9 Å². The number of nitrogens with zero attached hydrogens (tertiary/aromatic N) is 2. The second-order valence-corrected chi connectivity index (χ2v) is 5.31. The monoisotopic (exact) mass is 330 g/mol. The standard InChI is InChI=1S/C16H14N2O6/c1-22-15(20)11-5-4-10(7-17-11)13(19)8-23-16(21)12-6-14(24-18-12)9-2-3-9/h4-7,9H,2-3,8H2,1H3. The number of ether oxygens (including phenoxy) is 2. The predicted octanol–water partition coefficient (Wildman–Crippen LogP) is 1.77. The molecule has 24 heavy (non-hydrogen) atoms. The van der Waals surface area contributed by atoms with Crippen molar-refractivity contribution in [3.05, 3.63) is 47.1 Å². The van der Waals surface area contributed by atoms with Crippen molar-refractivity contribution in [2.75, 3.05) is 13.7 Å². The Balaban J connectivity index is 1.56. The van der Waals surface area contributed by atoms with Crippen molar-refractivity contribution in [3.8, 4) is 0 Å². The minimum Gasteiger partial charge on any atom is -0.464 e. The molecule has 0 amide bonds. The van der Waals surface area contributed by atoms with Crippen molar-refractivity contribution < 1.29 is 28.4 Å². The van der Waals surface area contributed by atoms with Gasteiger partial charge in [-0.2, -0.15) is 0 Å². The fourth-order valence-corrected chi connectivity index (χ4v) is 2.02. The smallest absolute Gasteiger partial charge is 0.360 e. The summed E-state index contributed by atoms with van der Waals surface area (Å²) in [5, 5.41) is 3.64. The molecule has 1 saturated carbocycles. The first-order valence-corrected chi connectivity index (χ1v) is 7.30. The number of pyridine rings is 1. The number of hydrogen-bond donors (Lipinski definition) is 0. The quantitative estimate of drug-likeness (QED) is 0.582. The SMILES string of the molecule is COC(=O)c1ccc(C(=O)COC(=O)c2cc(C3CC3)on2)cn1. The molecule has 0 saturated heterocycles. The van der Waals surface area contributed by atoms with Crippen LogP contribution in [0.5, 0.6) is 0 Å². The van der Waals surface area contributed by atoms with Crippen molar-refractivity contribution in [1.29, 1.82) is 0 Å². The summed E-state index contributed by atoms with van der Waals surface area (Å²) in [6.07, 6.45) is 3.27. The van der Waals surface area contributed by atoms with Gasteiger partial charge in [-0.05, 0) is 25.0 Å². The first-order chi connectivity index (χ1) is 11.6. The lowest BCUT2D eigenvalue weighted by Crippen LogP contribution is -2.15. The molecule has 2 aromatic heterocycles. The molecule has 0 N–H and O–H groups in total. The molecular weight excluding hydrogens is 316 g/mol. The Morgan fingerprint density at radius 3 is 2.62 bits per heavy atom. The van der Waals surface area contributed by atoms with E-state index in [-0.39, 0.29) is 17.0 Å². The Morgan fingerprint density at radius 2 is 2.00 bits per heavy atom. The van der Waals surface area contributed by atoms with Gasteiger partial charge in [0.15, 0.2) is 12.3 Å². The molecular formula is C16H14N2O6. The van der Waals surface area contributed by atoms with E-state index in [4.69, 9.17) is 9.26 Å². The first kappa shape index (κ1) is 15.9. The second-order valence-electron chi connectivity index (χ2n) is 5.31. The number of esters is 2. The molecule has 2 aromatic rings. The van der Waals surface area contributed by atoms with E-state index in [0.717, 1.165) is 12.8 Å². The lowest BCUT2D eigenvalue weighted by Gasteiger charge is -2.03. The molecule has 0 spiro atoms. The number of methoxy groups -OCH3 is 1. The highest BCUT2D eigenvalue weighted by Gasteiger charge is 2.29. The number of rotatable bonds is 6. The zero-order chi connectivity index (χ0) is 17.1. The van der Waals surface area contributed by atoms with Gasteiger partial charge in [0, 0.05) is 23.7 Å². The van der Waals surface area contributed by atoms with E-state index in [9.17, 15) is 14.4 Å². The lowest BCUT2D eigenvalue weighted by molar-refractivity contribution is 0.0464. The van der Waals surface area contributed by atoms with Gasteiger partial charge in [0.25, 0.3) is 0 Å². The highest BCUT2D eigenvalue weighted by molar-refractivity contribution is 5.99. The van der Waals surface area contributed by atoms with Crippen molar-refractivity contribution in [3.63, 3.8) is 0 Å². The minimum absolute atomic E-state index is 0.0452. The number of ketones is 1. The summed E-state index contributed by atoms with van der Waals surface area (Å²) in [6, 6.07) is 4.31. The van der Waals surface area contributed by atoms with E-state index < -0.39 is 24.3 Å². The predicted molar refractivity (Wildman–Crippen MR) is 78.7 cm³/mol. The van der Waals surface area contributed by atoms with Crippen LogP contribution in [-0.2, 0) is 9.47 Å². The summed E-state index contributed by atoms with van der Waals surface area (Å²) in [5.41, 5.74) is 0.347. The molecule has 8 nitrogen and oxygen atoms in total. The van der Waals surface area contributed by atoms with Gasteiger partial charge >= 0.3 is 11.9 Å². The molecule has 0 atom stereocenters. The van der Waals surface area contributed by atoms with Crippen LogP contribution in [0.15, 0.2) is 28.9 Å². The van der Waals surface area contributed by atoms with Crippen LogP contribution in [0.2, 0.25) is 0 Å². The van der Waals surface area contributed by atoms with E-state index in [1.807, 2.05) is 0 Å². The van der Waals surface area contributed by atoms with Gasteiger partial charge in [-0.25, -0.2) is 14.6 Å². The van der Waals surface area contributed by atoms with Gasteiger partial charge < -0.3 is 14.0 Å². The van der Waals surface area contributed by atoms with E-state index >= 15 is 0 Å². The van der Waals surface area contributed by atoms with Gasteiger partial charge in [-0.3, -0.25) is 4.79 Å². The van der Waals surface area contributed by atoms with Crippen LogP contribution in [0.3, 0.4) is 0 Å². The third-order valence-corrected chi connectivity index (χ3v) is 3.53. The van der Waals surface area contributed by atoms with Crippen LogP contribution in [-0.4, -0.2) is 41.6 Å². The van der Waals surface area contributed by atoms with Gasteiger partial charge in [0.05, 0.1) is 7.11 Å². The van der Waals surface area contributed by atoms with Crippen molar-refractivity contribution in [2.24, 2.45) is 0 Å². The molecule has 124 valence electrons.